The van der Waals surface area contributed by atoms with Crippen molar-refractivity contribution in [1.29, 1.82) is 0 Å². The molecule has 15 heavy (non-hydrogen) atoms. The summed E-state index contributed by atoms with van der Waals surface area (Å²) in [6.07, 6.45) is 4.23. The summed E-state index contributed by atoms with van der Waals surface area (Å²) in [6.45, 7) is 4.15. The van der Waals surface area contributed by atoms with Crippen molar-refractivity contribution in [2.45, 2.75) is 39.2 Å². The second-order valence-electron chi connectivity index (χ2n) is 4.45. The average Bonchev–Trinajstić information content (AvgIpc) is 2.59. The molecule has 0 amide bonds. The quantitative estimate of drug-likeness (QED) is 0.804. The number of aryl methyl sites for hydroxylation is 1. The van der Waals surface area contributed by atoms with E-state index in [-0.39, 0.29) is 5.92 Å². The van der Waals surface area contributed by atoms with Gasteiger partial charge in [0.15, 0.2) is 0 Å². The Morgan fingerprint density at radius 3 is 3.00 bits per heavy atom. The molecule has 0 spiro atoms. The number of hydrogen-bond acceptors (Lipinski definition) is 2. The Balaban J connectivity index is 2.22. The maximum Gasteiger partial charge on any atom is 0.306 e. The van der Waals surface area contributed by atoms with E-state index in [1.807, 2.05) is 4.68 Å². The Kier molecular flexibility index (Phi) is 2.50. The fourth-order valence-electron chi connectivity index (χ4n) is 1.99. The molecule has 0 radical (unpaired) electrons. The first kappa shape index (κ1) is 10.2. The minimum Gasteiger partial charge on any atom is -0.481 e. The molecule has 1 aromatic heterocycles. The highest BCUT2D eigenvalue weighted by Gasteiger charge is 2.26. The summed E-state index contributed by atoms with van der Waals surface area (Å²) in [4.78, 5) is 10.9. The topological polar surface area (TPSA) is 55.1 Å². The second kappa shape index (κ2) is 3.68. The monoisotopic (exact) mass is 208 g/mol. The van der Waals surface area contributed by atoms with Gasteiger partial charge < -0.3 is 5.11 Å². The third-order valence-corrected chi connectivity index (χ3v) is 2.98. The average molecular weight is 208 g/mol. The number of aromatic nitrogens is 2. The molecular weight excluding hydrogens is 192 g/mol. The zero-order chi connectivity index (χ0) is 11.0. The Hall–Kier alpha value is -1.32. The van der Waals surface area contributed by atoms with Crippen molar-refractivity contribution in [3.63, 3.8) is 0 Å². The first-order valence-corrected chi connectivity index (χ1v) is 5.37. The van der Waals surface area contributed by atoms with Gasteiger partial charge in [-0.15, -0.1) is 0 Å². The van der Waals surface area contributed by atoms with Crippen molar-refractivity contribution in [2.24, 2.45) is 5.92 Å². The zero-order valence-corrected chi connectivity index (χ0v) is 9.10. The Bertz CT molecular complexity index is 382. The van der Waals surface area contributed by atoms with E-state index >= 15 is 0 Å². The minimum atomic E-state index is -0.695. The van der Waals surface area contributed by atoms with Crippen LogP contribution in [-0.2, 0) is 17.6 Å². The molecule has 0 aromatic carbocycles. The summed E-state index contributed by atoms with van der Waals surface area (Å²) in [5, 5.41) is 13.4. The van der Waals surface area contributed by atoms with E-state index in [1.165, 1.54) is 5.56 Å². The Morgan fingerprint density at radius 1 is 1.67 bits per heavy atom. The van der Waals surface area contributed by atoms with Gasteiger partial charge in [-0.2, -0.15) is 5.10 Å². The number of aliphatic carboxylic acids is 1. The van der Waals surface area contributed by atoms with Crippen molar-refractivity contribution in [1.82, 2.24) is 9.78 Å². The lowest BCUT2D eigenvalue weighted by atomic mass is 9.88. The van der Waals surface area contributed by atoms with Crippen LogP contribution in [0.2, 0.25) is 0 Å². The zero-order valence-electron chi connectivity index (χ0n) is 9.10. The van der Waals surface area contributed by atoms with E-state index in [9.17, 15) is 4.79 Å². The molecule has 0 saturated heterocycles. The number of carboxylic acids is 1. The molecule has 0 bridgehead atoms. The molecule has 1 unspecified atom stereocenters. The maximum atomic E-state index is 10.9. The van der Waals surface area contributed by atoms with Crippen molar-refractivity contribution in [3.05, 3.63) is 17.5 Å². The lowest BCUT2D eigenvalue weighted by molar-refractivity contribution is -0.142. The lowest BCUT2D eigenvalue weighted by Crippen LogP contribution is -2.21. The molecule has 4 nitrogen and oxygen atoms in total. The summed E-state index contributed by atoms with van der Waals surface area (Å²) in [5.74, 6) is -0.937. The van der Waals surface area contributed by atoms with Gasteiger partial charge in [0.2, 0.25) is 0 Å². The van der Waals surface area contributed by atoms with Crippen molar-refractivity contribution < 1.29 is 9.90 Å². The van der Waals surface area contributed by atoms with Crippen LogP contribution in [0.3, 0.4) is 0 Å². The van der Waals surface area contributed by atoms with Crippen molar-refractivity contribution in [3.8, 4) is 0 Å². The fraction of sp³-hybridized carbons (Fsp3) is 0.636. The third-order valence-electron chi connectivity index (χ3n) is 2.98. The van der Waals surface area contributed by atoms with Crippen LogP contribution in [0.1, 0.15) is 37.6 Å². The minimum absolute atomic E-state index is 0.243. The molecule has 1 aliphatic rings. The molecule has 0 fully saturated rings. The van der Waals surface area contributed by atoms with Gasteiger partial charge in [-0.05, 0) is 32.3 Å². The van der Waals surface area contributed by atoms with Gasteiger partial charge in [0.05, 0.1) is 11.6 Å². The highest BCUT2D eigenvalue weighted by molar-refractivity contribution is 5.70. The number of hydrogen-bond donors (Lipinski definition) is 1. The molecule has 0 saturated carbocycles. The molecule has 1 aromatic rings. The van der Waals surface area contributed by atoms with Crippen molar-refractivity contribution in [2.75, 3.05) is 0 Å². The van der Waals surface area contributed by atoms with Crippen LogP contribution in [0.5, 0.6) is 0 Å². The van der Waals surface area contributed by atoms with Crippen LogP contribution in [0.4, 0.5) is 0 Å². The number of carboxylic acid groups (broad SMARTS) is 1. The maximum absolute atomic E-state index is 10.9. The van der Waals surface area contributed by atoms with E-state index < -0.39 is 5.97 Å². The summed E-state index contributed by atoms with van der Waals surface area (Å²) in [7, 11) is 0. The van der Waals surface area contributed by atoms with Gasteiger partial charge in [-0.3, -0.25) is 9.48 Å². The van der Waals surface area contributed by atoms with Gasteiger partial charge in [-0.1, -0.05) is 0 Å². The number of nitrogens with zero attached hydrogens (tertiary/aromatic N) is 2. The summed E-state index contributed by atoms with van der Waals surface area (Å²) >= 11 is 0. The SMILES string of the molecule is CC(C)n1cc2c(n1)CC(C(=O)O)CC2. The van der Waals surface area contributed by atoms with Gasteiger partial charge in [0.25, 0.3) is 0 Å². The summed E-state index contributed by atoms with van der Waals surface area (Å²) < 4.78 is 1.93. The summed E-state index contributed by atoms with van der Waals surface area (Å²) in [6, 6.07) is 0.346. The number of fused-ring (bicyclic) bond motifs is 1. The molecule has 0 aliphatic heterocycles. The predicted molar refractivity (Wildman–Crippen MR) is 55.8 cm³/mol. The van der Waals surface area contributed by atoms with Crippen LogP contribution in [0.25, 0.3) is 0 Å². The van der Waals surface area contributed by atoms with E-state index in [1.54, 1.807) is 0 Å². The van der Waals surface area contributed by atoms with Crippen LogP contribution in [0.15, 0.2) is 6.20 Å². The van der Waals surface area contributed by atoms with Crippen LogP contribution in [0, 0.1) is 5.92 Å². The molecule has 2 rings (SSSR count). The Labute approximate surface area is 88.9 Å². The highest BCUT2D eigenvalue weighted by Crippen LogP contribution is 2.25. The fourth-order valence-corrected chi connectivity index (χ4v) is 1.99. The first-order valence-electron chi connectivity index (χ1n) is 5.37. The third kappa shape index (κ3) is 1.89. The van der Waals surface area contributed by atoms with Gasteiger partial charge in [-0.25, -0.2) is 0 Å². The second-order valence-corrected chi connectivity index (χ2v) is 4.45. The molecule has 82 valence electrons. The smallest absolute Gasteiger partial charge is 0.306 e. The summed E-state index contributed by atoms with van der Waals surface area (Å²) in [5.41, 5.74) is 2.20. The Morgan fingerprint density at radius 2 is 2.40 bits per heavy atom. The van der Waals surface area contributed by atoms with E-state index in [4.69, 9.17) is 5.11 Å². The van der Waals surface area contributed by atoms with E-state index in [0.29, 0.717) is 12.5 Å². The van der Waals surface area contributed by atoms with E-state index in [2.05, 4.69) is 25.1 Å². The van der Waals surface area contributed by atoms with E-state index in [0.717, 1.165) is 18.5 Å². The molecule has 1 N–H and O–H groups in total. The number of rotatable bonds is 2. The standard InChI is InChI=1S/C11H16N2O2/c1-7(2)13-6-9-4-3-8(11(14)15)5-10(9)12-13/h6-8H,3-5H2,1-2H3,(H,14,15). The van der Waals surface area contributed by atoms with Gasteiger partial charge in [0.1, 0.15) is 0 Å². The first-order chi connectivity index (χ1) is 7.08. The predicted octanol–water partition coefficient (Wildman–Crippen LogP) is 1.65. The molecule has 1 heterocycles. The van der Waals surface area contributed by atoms with Crippen LogP contribution < -0.4 is 0 Å². The normalized spacial score (nSPS) is 20.3. The van der Waals surface area contributed by atoms with Crippen LogP contribution >= 0.6 is 0 Å². The highest BCUT2D eigenvalue weighted by atomic mass is 16.4. The lowest BCUT2D eigenvalue weighted by Gasteiger charge is -2.16. The van der Waals surface area contributed by atoms with Gasteiger partial charge >= 0.3 is 5.97 Å². The van der Waals surface area contributed by atoms with Crippen LogP contribution in [-0.4, -0.2) is 20.9 Å². The molecule has 4 heteroatoms. The molecule has 1 aliphatic carbocycles. The van der Waals surface area contributed by atoms with Gasteiger partial charge in [0, 0.05) is 18.7 Å². The molecular formula is C11H16N2O2. The number of carbonyl (C=O) groups is 1. The molecule has 1 atom stereocenters. The van der Waals surface area contributed by atoms with Crippen molar-refractivity contribution >= 4 is 5.97 Å². The largest absolute Gasteiger partial charge is 0.481 e.